The second-order valence-electron chi connectivity index (χ2n) is 11.4. The zero-order valence-electron chi connectivity index (χ0n) is 25.4. The second-order valence-corrected chi connectivity index (χ2v) is 13.2. The molecule has 3 aromatic carbocycles. The van der Waals surface area contributed by atoms with Gasteiger partial charge in [-0.15, -0.1) is 0 Å². The van der Waals surface area contributed by atoms with Gasteiger partial charge in [-0.25, -0.2) is 13.2 Å². The van der Waals surface area contributed by atoms with Crippen molar-refractivity contribution in [2.24, 2.45) is 0 Å². The first-order chi connectivity index (χ1) is 21.8. The molecule has 3 heterocycles. The monoisotopic (exact) mass is 628 g/mol. The summed E-state index contributed by atoms with van der Waals surface area (Å²) in [5.41, 5.74) is 0.167. The molecule has 0 aliphatic carbocycles. The lowest BCUT2D eigenvalue weighted by Gasteiger charge is -2.37. The molecular weight excluding hydrogens is 592 g/mol. The van der Waals surface area contributed by atoms with Crippen molar-refractivity contribution in [2.75, 3.05) is 52.9 Å². The van der Waals surface area contributed by atoms with E-state index in [1.165, 1.54) is 54.1 Å². The number of imidazole rings is 1. The molecule has 2 fully saturated rings. The Morgan fingerprint density at radius 1 is 0.978 bits per heavy atom. The number of rotatable bonds is 8. The average Bonchev–Trinajstić information content (AvgIpc) is 3.68. The molecule has 2 aliphatic rings. The zero-order chi connectivity index (χ0) is 31.7. The number of amides is 1. The van der Waals surface area contributed by atoms with E-state index in [2.05, 4.69) is 22.8 Å². The zero-order valence-corrected chi connectivity index (χ0v) is 26.2. The van der Waals surface area contributed by atoms with Gasteiger partial charge >= 0.3 is 5.69 Å². The van der Waals surface area contributed by atoms with E-state index in [0.29, 0.717) is 24.4 Å². The van der Waals surface area contributed by atoms with Gasteiger partial charge in [0.1, 0.15) is 11.8 Å². The van der Waals surface area contributed by atoms with Crippen LogP contribution in [0.25, 0.3) is 11.0 Å². The molecule has 2 unspecified atom stereocenters. The third-order valence-electron chi connectivity index (χ3n) is 9.01. The van der Waals surface area contributed by atoms with Crippen LogP contribution in [0, 0.1) is 11.3 Å². The van der Waals surface area contributed by atoms with Crippen LogP contribution in [-0.4, -0.2) is 96.5 Å². The fourth-order valence-electron chi connectivity index (χ4n) is 6.49. The highest BCUT2D eigenvalue weighted by Crippen LogP contribution is 2.30. The first-order valence-electron chi connectivity index (χ1n) is 15.1. The van der Waals surface area contributed by atoms with E-state index in [0.717, 1.165) is 43.1 Å². The summed E-state index contributed by atoms with van der Waals surface area (Å²) in [6.07, 6.45) is 0.820. The molecule has 11 nitrogen and oxygen atoms in total. The molecule has 0 saturated carbocycles. The smallest absolute Gasteiger partial charge is 0.344 e. The van der Waals surface area contributed by atoms with Gasteiger partial charge in [-0.2, -0.15) is 9.23 Å². The van der Waals surface area contributed by atoms with Gasteiger partial charge in [0, 0.05) is 45.3 Å². The average molecular weight is 629 g/mol. The van der Waals surface area contributed by atoms with Crippen LogP contribution < -0.4 is 10.4 Å². The van der Waals surface area contributed by atoms with Crippen molar-refractivity contribution in [3.63, 3.8) is 0 Å². The van der Waals surface area contributed by atoms with E-state index in [1.54, 1.807) is 29.2 Å². The Labute approximate surface area is 262 Å². The number of benzene rings is 3. The number of fused-ring (bicyclic) bond motifs is 1. The van der Waals surface area contributed by atoms with Crippen LogP contribution in [0.4, 0.5) is 0 Å². The number of likely N-dealkylation sites (tertiary alicyclic amines) is 1. The lowest BCUT2D eigenvalue weighted by molar-refractivity contribution is -0.132. The fourth-order valence-corrected chi connectivity index (χ4v) is 7.89. The number of aromatic nitrogens is 2. The third kappa shape index (κ3) is 5.63. The topological polar surface area (TPSA) is 121 Å². The number of carbonyl (C=O) groups is 1. The molecule has 12 heteroatoms. The highest BCUT2D eigenvalue weighted by atomic mass is 32.2. The Hall–Kier alpha value is -4.44. The molecule has 0 spiro atoms. The molecule has 2 atom stereocenters. The van der Waals surface area contributed by atoms with Gasteiger partial charge in [0.2, 0.25) is 0 Å². The quantitative estimate of drug-likeness (QED) is 0.292. The van der Waals surface area contributed by atoms with Gasteiger partial charge in [-0.05, 0) is 61.0 Å². The predicted octanol–water partition coefficient (Wildman–Crippen LogP) is 2.75. The molecule has 0 radical (unpaired) electrons. The molecule has 2 saturated heterocycles. The van der Waals surface area contributed by atoms with Crippen molar-refractivity contribution in [1.29, 1.82) is 5.26 Å². The van der Waals surface area contributed by atoms with Gasteiger partial charge in [-0.3, -0.25) is 14.3 Å². The van der Waals surface area contributed by atoms with Crippen molar-refractivity contribution in [2.45, 2.75) is 30.3 Å². The molecule has 1 aromatic heterocycles. The number of carbonyl (C=O) groups excluding carboxylic acids is 1. The van der Waals surface area contributed by atoms with Gasteiger partial charge in [0.15, 0.2) is 0 Å². The molecular formula is C33H36N6O5S. The van der Waals surface area contributed by atoms with Crippen LogP contribution in [0.5, 0.6) is 5.75 Å². The maximum absolute atomic E-state index is 14.5. The standard InChI is InChI=1S/C33H36N6O5S/c1-3-35-17-19-36(20-18-35)26-15-16-37(23-26)32(40)31(25-7-5-4-6-8-25)38-30-21-24(22-34)9-14-29(30)39(33(38)41)45(42,43)28-12-10-27(44-2)11-13-28/h4-14,21,26,31H,3,15-20,23H2,1-2H3. The summed E-state index contributed by atoms with van der Waals surface area (Å²) in [7, 11) is -2.92. The summed E-state index contributed by atoms with van der Waals surface area (Å²) >= 11 is 0. The summed E-state index contributed by atoms with van der Waals surface area (Å²) in [5, 5.41) is 9.72. The molecule has 2 aliphatic heterocycles. The van der Waals surface area contributed by atoms with Crippen LogP contribution in [0.15, 0.2) is 82.5 Å². The van der Waals surface area contributed by atoms with Crippen molar-refractivity contribution in [3.05, 3.63) is 94.4 Å². The Bertz CT molecular complexity index is 1910. The number of nitrogens with zero attached hydrogens (tertiary/aromatic N) is 6. The first kappa shape index (κ1) is 30.6. The SMILES string of the molecule is CCN1CCN(C2CCN(C(=O)C(c3ccccc3)n3c(=O)n(S(=O)(=O)c4ccc(OC)cc4)c4ccc(C#N)cc43)C2)CC1. The van der Waals surface area contributed by atoms with Gasteiger partial charge in [0.05, 0.1) is 34.7 Å². The van der Waals surface area contributed by atoms with Crippen molar-refractivity contribution < 1.29 is 17.9 Å². The Morgan fingerprint density at radius 2 is 1.69 bits per heavy atom. The molecule has 6 rings (SSSR count). The fraction of sp³-hybridized carbons (Fsp3) is 0.364. The van der Waals surface area contributed by atoms with Crippen LogP contribution in [0.2, 0.25) is 0 Å². The molecule has 0 N–H and O–H groups in total. The minimum atomic E-state index is -4.40. The number of hydrogen-bond donors (Lipinski definition) is 0. The van der Waals surface area contributed by atoms with Crippen molar-refractivity contribution in [3.8, 4) is 11.8 Å². The van der Waals surface area contributed by atoms with E-state index in [1.807, 2.05) is 6.07 Å². The predicted molar refractivity (Wildman–Crippen MR) is 170 cm³/mol. The number of piperazine rings is 1. The molecule has 1 amide bonds. The van der Waals surface area contributed by atoms with Crippen LogP contribution in [-0.2, 0) is 14.8 Å². The summed E-state index contributed by atoms with van der Waals surface area (Å²) in [6.45, 7) is 8.10. The highest BCUT2D eigenvalue weighted by Gasteiger charge is 2.38. The molecule has 0 bridgehead atoms. The van der Waals surface area contributed by atoms with Gasteiger partial charge in [-0.1, -0.05) is 37.3 Å². The lowest BCUT2D eigenvalue weighted by atomic mass is 10.0. The second kappa shape index (κ2) is 12.5. The minimum absolute atomic E-state index is 0.0802. The summed E-state index contributed by atoms with van der Waals surface area (Å²) in [6, 6.07) is 20.2. The maximum atomic E-state index is 14.5. The van der Waals surface area contributed by atoms with Crippen LogP contribution in [0.1, 0.15) is 30.5 Å². The summed E-state index contributed by atoms with van der Waals surface area (Å²) in [5.74, 6) is 0.175. The number of likely N-dealkylation sites (N-methyl/N-ethyl adjacent to an activating group) is 1. The van der Waals surface area contributed by atoms with E-state index >= 15 is 0 Å². The Kier molecular flexibility index (Phi) is 8.50. The first-order valence-corrected chi connectivity index (χ1v) is 16.6. The minimum Gasteiger partial charge on any atom is -0.497 e. The number of ether oxygens (including phenoxy) is 1. The maximum Gasteiger partial charge on any atom is 0.344 e. The van der Waals surface area contributed by atoms with E-state index in [4.69, 9.17) is 4.74 Å². The summed E-state index contributed by atoms with van der Waals surface area (Å²) in [4.78, 5) is 35.4. The molecule has 45 heavy (non-hydrogen) atoms. The van der Waals surface area contributed by atoms with Crippen molar-refractivity contribution >= 4 is 27.0 Å². The van der Waals surface area contributed by atoms with Crippen LogP contribution in [0.3, 0.4) is 0 Å². The van der Waals surface area contributed by atoms with E-state index in [9.17, 15) is 23.3 Å². The third-order valence-corrected chi connectivity index (χ3v) is 10.7. The Morgan fingerprint density at radius 3 is 2.33 bits per heavy atom. The van der Waals surface area contributed by atoms with Gasteiger partial charge < -0.3 is 14.5 Å². The number of hydrogen-bond acceptors (Lipinski definition) is 8. The molecule has 4 aromatic rings. The number of nitriles is 1. The van der Waals surface area contributed by atoms with Crippen LogP contribution >= 0.6 is 0 Å². The number of methoxy groups -OCH3 is 1. The Balaban J connectivity index is 1.45. The normalized spacial score (nSPS) is 18.6. The van der Waals surface area contributed by atoms with E-state index in [-0.39, 0.29) is 33.4 Å². The van der Waals surface area contributed by atoms with Crippen molar-refractivity contribution in [1.82, 2.24) is 23.2 Å². The largest absolute Gasteiger partial charge is 0.497 e. The highest BCUT2D eigenvalue weighted by molar-refractivity contribution is 7.90. The van der Waals surface area contributed by atoms with E-state index < -0.39 is 21.8 Å². The lowest BCUT2D eigenvalue weighted by Crippen LogP contribution is -2.51. The van der Waals surface area contributed by atoms with Gasteiger partial charge in [0.25, 0.3) is 15.9 Å². The summed E-state index contributed by atoms with van der Waals surface area (Å²) < 4.78 is 35.2. The molecule has 234 valence electrons.